The van der Waals surface area contributed by atoms with Crippen molar-refractivity contribution in [2.75, 3.05) is 33.0 Å². The number of methoxy groups -OCH3 is 2. The standard InChI is InChI=1S/C34H41FN6O3/c1-33-13-6-14-34(2,41(33)21-23-7-9-26(43-5)10-8-23)18-25(17-33)40(3)32-12-11-30(38-39-32)28-15-29(35)27(24-19-36-37-20-24)16-31(28)44-22-42-4/h7-12,15-16,19-20,25H,6,13-14,17-18,21-22H2,1-5H3,(H,36,37)/t25-,33-,34+. The Hall–Kier alpha value is -4.02. The average Bonchev–Trinajstić information content (AvgIpc) is 3.56. The molecule has 0 spiro atoms. The molecule has 2 aliphatic rings. The Morgan fingerprint density at radius 3 is 2.36 bits per heavy atom. The zero-order valence-corrected chi connectivity index (χ0v) is 26.1. The Balaban J connectivity index is 1.22. The van der Waals surface area contributed by atoms with Gasteiger partial charge in [0.05, 0.1) is 19.0 Å². The summed E-state index contributed by atoms with van der Waals surface area (Å²) in [7, 11) is 5.36. The summed E-state index contributed by atoms with van der Waals surface area (Å²) in [6, 6.07) is 15.7. The third kappa shape index (κ3) is 5.76. The van der Waals surface area contributed by atoms with Crippen molar-refractivity contribution in [2.24, 2.45) is 0 Å². The van der Waals surface area contributed by atoms with Crippen LogP contribution in [0, 0.1) is 5.82 Å². The maximum atomic E-state index is 15.2. The highest BCUT2D eigenvalue weighted by Crippen LogP contribution is 2.50. The second-order valence-electron chi connectivity index (χ2n) is 12.6. The van der Waals surface area contributed by atoms with Crippen molar-refractivity contribution in [1.29, 1.82) is 0 Å². The Morgan fingerprint density at radius 1 is 1.00 bits per heavy atom. The van der Waals surface area contributed by atoms with E-state index in [1.54, 1.807) is 32.7 Å². The summed E-state index contributed by atoms with van der Waals surface area (Å²) in [5.74, 6) is 1.73. The number of aromatic amines is 1. The second-order valence-corrected chi connectivity index (χ2v) is 12.6. The molecule has 0 unspecified atom stereocenters. The summed E-state index contributed by atoms with van der Waals surface area (Å²) in [6.45, 7) is 5.79. The number of ether oxygens (including phenoxy) is 3. The number of benzene rings is 2. The van der Waals surface area contributed by atoms with Crippen molar-refractivity contribution in [1.82, 2.24) is 25.3 Å². The minimum Gasteiger partial charge on any atom is -0.497 e. The molecule has 2 aromatic heterocycles. The van der Waals surface area contributed by atoms with Crippen LogP contribution in [0.5, 0.6) is 11.5 Å². The molecule has 1 N–H and O–H groups in total. The number of hydrogen-bond acceptors (Lipinski definition) is 8. The van der Waals surface area contributed by atoms with E-state index in [4.69, 9.17) is 14.2 Å². The fourth-order valence-corrected chi connectivity index (χ4v) is 7.31. The maximum Gasteiger partial charge on any atom is 0.188 e. The molecule has 2 aliphatic heterocycles. The Labute approximate surface area is 258 Å². The summed E-state index contributed by atoms with van der Waals surface area (Å²) in [4.78, 5) is 5.02. The summed E-state index contributed by atoms with van der Waals surface area (Å²) in [6.07, 6.45) is 8.85. The highest BCUT2D eigenvalue weighted by atomic mass is 19.1. The van der Waals surface area contributed by atoms with Gasteiger partial charge in [-0.25, -0.2) is 4.39 Å². The Morgan fingerprint density at radius 2 is 1.75 bits per heavy atom. The SMILES string of the molecule is COCOc1cc(-c2cn[nH]c2)c(F)cc1-c1ccc(N(C)[C@H]2C[C@]3(C)CCC[C@](C)(C2)N3Cc2ccc(OC)cc2)nn1. The van der Waals surface area contributed by atoms with Gasteiger partial charge in [0, 0.05) is 60.7 Å². The predicted octanol–water partition coefficient (Wildman–Crippen LogP) is 6.47. The molecule has 4 aromatic rings. The van der Waals surface area contributed by atoms with Crippen LogP contribution in [0.4, 0.5) is 10.2 Å². The molecule has 0 saturated carbocycles. The highest BCUT2D eigenvalue weighted by molar-refractivity contribution is 5.75. The van der Waals surface area contributed by atoms with Crippen LogP contribution in [-0.2, 0) is 11.3 Å². The topological polar surface area (TPSA) is 88.6 Å². The second kappa shape index (κ2) is 12.2. The molecular weight excluding hydrogens is 559 g/mol. The minimum absolute atomic E-state index is 0.0202. The fourth-order valence-electron chi connectivity index (χ4n) is 7.31. The molecule has 10 heteroatoms. The molecule has 0 aliphatic carbocycles. The monoisotopic (exact) mass is 600 g/mol. The van der Waals surface area contributed by atoms with Gasteiger partial charge >= 0.3 is 0 Å². The zero-order chi connectivity index (χ0) is 30.9. The molecule has 2 fully saturated rings. The van der Waals surface area contributed by atoms with E-state index in [0.717, 1.165) is 31.0 Å². The van der Waals surface area contributed by atoms with Crippen molar-refractivity contribution in [3.63, 3.8) is 0 Å². The first kappa shape index (κ1) is 30.0. The van der Waals surface area contributed by atoms with Gasteiger partial charge in [-0.05, 0) is 87.9 Å². The first-order valence-electron chi connectivity index (χ1n) is 15.1. The molecule has 6 rings (SSSR count). The largest absolute Gasteiger partial charge is 0.497 e. The fraction of sp³-hybridized carbons (Fsp3) is 0.441. The van der Waals surface area contributed by atoms with Crippen LogP contribution in [0.25, 0.3) is 22.4 Å². The third-order valence-corrected chi connectivity index (χ3v) is 9.63. The number of anilines is 1. The van der Waals surface area contributed by atoms with Crippen LogP contribution in [0.15, 0.2) is 60.9 Å². The number of rotatable bonds is 10. The number of hydrogen-bond donors (Lipinski definition) is 1. The molecule has 0 amide bonds. The van der Waals surface area contributed by atoms with Crippen molar-refractivity contribution < 1.29 is 18.6 Å². The van der Waals surface area contributed by atoms with E-state index in [9.17, 15) is 0 Å². The highest BCUT2D eigenvalue weighted by Gasteiger charge is 2.53. The molecule has 9 nitrogen and oxygen atoms in total. The maximum absolute atomic E-state index is 15.2. The summed E-state index contributed by atoms with van der Waals surface area (Å²) in [5, 5.41) is 15.8. The number of H-pyrrole nitrogens is 1. The van der Waals surface area contributed by atoms with Gasteiger partial charge in [0.15, 0.2) is 12.6 Å². The summed E-state index contributed by atoms with van der Waals surface area (Å²) < 4.78 is 31.6. The molecule has 0 radical (unpaired) electrons. The third-order valence-electron chi connectivity index (χ3n) is 9.63. The van der Waals surface area contributed by atoms with Crippen molar-refractivity contribution in [2.45, 2.75) is 69.6 Å². The van der Waals surface area contributed by atoms with Crippen LogP contribution in [0.2, 0.25) is 0 Å². The molecule has 2 saturated heterocycles. The molecule has 4 heterocycles. The van der Waals surface area contributed by atoms with E-state index in [0.29, 0.717) is 34.2 Å². The summed E-state index contributed by atoms with van der Waals surface area (Å²) in [5.41, 5.74) is 3.48. The number of fused-ring (bicyclic) bond motifs is 2. The number of nitrogens with zero attached hydrogens (tertiary/aromatic N) is 5. The lowest BCUT2D eigenvalue weighted by molar-refractivity contribution is -0.0976. The van der Waals surface area contributed by atoms with Crippen molar-refractivity contribution in [3.05, 3.63) is 72.3 Å². The number of aromatic nitrogens is 4. The van der Waals surface area contributed by atoms with Crippen LogP contribution < -0.4 is 14.4 Å². The number of piperidine rings is 2. The van der Waals surface area contributed by atoms with Gasteiger partial charge in [0.2, 0.25) is 0 Å². The lowest BCUT2D eigenvalue weighted by Crippen LogP contribution is -2.67. The van der Waals surface area contributed by atoms with Crippen LogP contribution >= 0.6 is 0 Å². The molecule has 3 atom stereocenters. The molecule has 44 heavy (non-hydrogen) atoms. The van der Waals surface area contributed by atoms with Gasteiger partial charge in [-0.15, -0.1) is 10.2 Å². The van der Waals surface area contributed by atoms with E-state index in [1.165, 1.54) is 30.9 Å². The number of nitrogens with one attached hydrogen (secondary N) is 1. The molecule has 232 valence electrons. The Bertz CT molecular complexity index is 1550. The van der Waals surface area contributed by atoms with E-state index < -0.39 is 5.82 Å². The quantitative estimate of drug-likeness (QED) is 0.207. The van der Waals surface area contributed by atoms with Gasteiger partial charge in [-0.1, -0.05) is 12.1 Å². The molecule has 2 bridgehead atoms. The van der Waals surface area contributed by atoms with E-state index in [1.807, 2.05) is 24.3 Å². The lowest BCUT2D eigenvalue weighted by Gasteiger charge is -2.62. The van der Waals surface area contributed by atoms with Gasteiger partial charge < -0.3 is 19.1 Å². The normalized spacial score (nSPS) is 23.4. The van der Waals surface area contributed by atoms with Gasteiger partial charge in [-0.3, -0.25) is 10.00 Å². The van der Waals surface area contributed by atoms with Crippen LogP contribution in [-0.4, -0.2) is 70.5 Å². The Kier molecular flexibility index (Phi) is 8.30. The van der Waals surface area contributed by atoms with E-state index >= 15 is 4.39 Å². The first-order chi connectivity index (χ1) is 21.2. The van der Waals surface area contributed by atoms with Crippen LogP contribution in [0.1, 0.15) is 51.5 Å². The average molecular weight is 601 g/mol. The van der Waals surface area contributed by atoms with Gasteiger partial charge in [-0.2, -0.15) is 5.10 Å². The molecule has 2 aromatic carbocycles. The van der Waals surface area contributed by atoms with Crippen molar-refractivity contribution in [3.8, 4) is 33.9 Å². The van der Waals surface area contributed by atoms with E-state index in [-0.39, 0.29) is 17.9 Å². The number of halogens is 1. The first-order valence-corrected chi connectivity index (χ1v) is 15.1. The smallest absolute Gasteiger partial charge is 0.188 e. The van der Waals surface area contributed by atoms with E-state index in [2.05, 4.69) is 63.2 Å². The van der Waals surface area contributed by atoms with Crippen LogP contribution in [0.3, 0.4) is 0 Å². The zero-order valence-electron chi connectivity index (χ0n) is 26.1. The minimum atomic E-state index is -0.399. The van der Waals surface area contributed by atoms with Crippen molar-refractivity contribution >= 4 is 5.82 Å². The summed E-state index contributed by atoms with van der Waals surface area (Å²) >= 11 is 0. The predicted molar refractivity (Wildman–Crippen MR) is 168 cm³/mol. The van der Waals surface area contributed by atoms with Gasteiger partial charge in [0.1, 0.15) is 17.3 Å². The van der Waals surface area contributed by atoms with Gasteiger partial charge in [0.25, 0.3) is 0 Å². The lowest BCUT2D eigenvalue weighted by atomic mass is 9.66. The molecular formula is C34H41FN6O3.